The van der Waals surface area contributed by atoms with E-state index in [0.29, 0.717) is 12.4 Å². The van der Waals surface area contributed by atoms with E-state index >= 15 is 0 Å². The van der Waals surface area contributed by atoms with Crippen molar-refractivity contribution >= 4 is 0 Å². The highest BCUT2D eigenvalue weighted by molar-refractivity contribution is 5.26. The van der Waals surface area contributed by atoms with Crippen molar-refractivity contribution in [2.75, 3.05) is 6.54 Å². The monoisotopic (exact) mass is 291 g/mol. The van der Waals surface area contributed by atoms with E-state index in [4.69, 9.17) is 4.74 Å². The Balaban J connectivity index is 1.93. The highest BCUT2D eigenvalue weighted by Gasteiger charge is 2.04. The van der Waals surface area contributed by atoms with Gasteiger partial charge in [0.2, 0.25) is 0 Å². The van der Waals surface area contributed by atoms with Gasteiger partial charge < -0.3 is 10.1 Å². The minimum Gasteiger partial charge on any atom is -0.489 e. The van der Waals surface area contributed by atoms with Gasteiger partial charge in [-0.3, -0.25) is 0 Å². The van der Waals surface area contributed by atoms with Crippen LogP contribution in [0.3, 0.4) is 0 Å². The van der Waals surface area contributed by atoms with Gasteiger partial charge >= 0.3 is 0 Å². The number of halogens is 2. The minimum atomic E-state index is -0.898. The van der Waals surface area contributed by atoms with Crippen LogP contribution in [-0.4, -0.2) is 6.54 Å². The molecule has 2 aromatic rings. The summed E-state index contributed by atoms with van der Waals surface area (Å²) in [6.45, 7) is 4.24. The lowest BCUT2D eigenvalue weighted by Gasteiger charge is -2.09. The second-order valence-corrected chi connectivity index (χ2v) is 4.86. The second-order valence-electron chi connectivity index (χ2n) is 4.86. The molecular weight excluding hydrogens is 272 g/mol. The van der Waals surface area contributed by atoms with E-state index in [-0.39, 0.29) is 0 Å². The summed E-state index contributed by atoms with van der Waals surface area (Å²) in [6, 6.07) is 11.5. The Labute approximate surface area is 123 Å². The lowest BCUT2D eigenvalue weighted by molar-refractivity contribution is 0.303. The third kappa shape index (κ3) is 4.83. The van der Waals surface area contributed by atoms with Gasteiger partial charge in [-0.1, -0.05) is 31.2 Å². The first kappa shape index (κ1) is 15.4. The summed E-state index contributed by atoms with van der Waals surface area (Å²) < 4.78 is 31.4. The molecule has 1 N–H and O–H groups in total. The van der Waals surface area contributed by atoms with Gasteiger partial charge in [0.05, 0.1) is 0 Å². The fourth-order valence-corrected chi connectivity index (χ4v) is 1.97. The van der Waals surface area contributed by atoms with Crippen molar-refractivity contribution < 1.29 is 13.5 Å². The van der Waals surface area contributed by atoms with Crippen LogP contribution in [-0.2, 0) is 13.2 Å². The van der Waals surface area contributed by atoms with Crippen molar-refractivity contribution in [2.45, 2.75) is 26.5 Å². The van der Waals surface area contributed by atoms with Crippen LogP contribution >= 0.6 is 0 Å². The van der Waals surface area contributed by atoms with Crippen LogP contribution in [0.4, 0.5) is 8.78 Å². The molecule has 2 nitrogen and oxygen atoms in total. The number of ether oxygens (including phenoxy) is 1. The number of benzene rings is 2. The molecule has 21 heavy (non-hydrogen) atoms. The zero-order valence-electron chi connectivity index (χ0n) is 12.0. The normalized spacial score (nSPS) is 10.6. The third-order valence-electron chi connectivity index (χ3n) is 3.04. The molecule has 0 spiro atoms. The molecule has 0 saturated carbocycles. The Kier molecular flexibility index (Phi) is 5.69. The van der Waals surface area contributed by atoms with Gasteiger partial charge in [0, 0.05) is 12.6 Å². The van der Waals surface area contributed by atoms with Crippen LogP contribution in [0.15, 0.2) is 42.5 Å². The van der Waals surface area contributed by atoms with E-state index in [2.05, 4.69) is 12.2 Å². The van der Waals surface area contributed by atoms with Crippen LogP contribution in [0.25, 0.3) is 0 Å². The second kappa shape index (κ2) is 7.74. The molecule has 2 rings (SSSR count). The first-order valence-electron chi connectivity index (χ1n) is 7.05. The maximum atomic E-state index is 13.1. The Morgan fingerprint density at radius 3 is 2.57 bits per heavy atom. The maximum absolute atomic E-state index is 13.1. The van der Waals surface area contributed by atoms with Crippen LogP contribution < -0.4 is 10.1 Å². The Morgan fingerprint density at radius 2 is 1.81 bits per heavy atom. The van der Waals surface area contributed by atoms with Crippen LogP contribution in [0.1, 0.15) is 24.5 Å². The molecule has 0 aliphatic carbocycles. The zero-order chi connectivity index (χ0) is 15.1. The Bertz CT molecular complexity index is 587. The van der Waals surface area contributed by atoms with E-state index in [1.165, 1.54) is 11.6 Å². The number of nitrogens with one attached hydrogen (secondary N) is 1. The van der Waals surface area contributed by atoms with Crippen molar-refractivity contribution in [2.24, 2.45) is 0 Å². The summed E-state index contributed by atoms with van der Waals surface area (Å²) in [7, 11) is 0. The molecule has 0 fully saturated rings. The topological polar surface area (TPSA) is 21.3 Å². The van der Waals surface area contributed by atoms with Crippen LogP contribution in [0.2, 0.25) is 0 Å². The molecule has 2 aromatic carbocycles. The lowest BCUT2D eigenvalue weighted by atomic mass is 10.1. The molecule has 0 unspecified atom stereocenters. The molecule has 0 atom stereocenters. The SMILES string of the molecule is CCCNCc1cccc(COc2ccc(F)c(F)c2)c1. The van der Waals surface area contributed by atoms with Gasteiger partial charge in [-0.05, 0) is 36.2 Å². The third-order valence-corrected chi connectivity index (χ3v) is 3.04. The van der Waals surface area contributed by atoms with E-state index in [0.717, 1.165) is 37.2 Å². The van der Waals surface area contributed by atoms with E-state index < -0.39 is 11.6 Å². The minimum absolute atomic E-state index is 0.323. The van der Waals surface area contributed by atoms with Gasteiger partial charge in [-0.25, -0.2) is 8.78 Å². The van der Waals surface area contributed by atoms with Gasteiger partial charge in [0.15, 0.2) is 11.6 Å². The zero-order valence-corrected chi connectivity index (χ0v) is 12.0. The molecule has 0 saturated heterocycles. The summed E-state index contributed by atoms with van der Waals surface area (Å²) in [5.74, 6) is -1.44. The standard InChI is InChI=1S/C17H19F2NO/c1-2-8-20-11-13-4-3-5-14(9-13)12-21-15-6-7-16(18)17(19)10-15/h3-7,9-10,20H,2,8,11-12H2,1H3. The summed E-state index contributed by atoms with van der Waals surface area (Å²) >= 11 is 0. The fourth-order valence-electron chi connectivity index (χ4n) is 1.97. The lowest BCUT2D eigenvalue weighted by Crippen LogP contribution is -2.13. The molecule has 112 valence electrons. The quantitative estimate of drug-likeness (QED) is 0.777. The van der Waals surface area contributed by atoms with Crippen molar-refractivity contribution in [1.29, 1.82) is 0 Å². The summed E-state index contributed by atoms with van der Waals surface area (Å²) in [5, 5.41) is 3.33. The molecule has 0 aliphatic heterocycles. The summed E-state index contributed by atoms with van der Waals surface area (Å²) in [4.78, 5) is 0. The Morgan fingerprint density at radius 1 is 1.00 bits per heavy atom. The van der Waals surface area contributed by atoms with Crippen molar-refractivity contribution in [3.8, 4) is 5.75 Å². The average molecular weight is 291 g/mol. The number of hydrogen-bond donors (Lipinski definition) is 1. The fraction of sp³-hybridized carbons (Fsp3) is 0.294. The highest BCUT2D eigenvalue weighted by atomic mass is 19.2. The van der Waals surface area contributed by atoms with Crippen molar-refractivity contribution in [3.05, 3.63) is 65.2 Å². The van der Waals surface area contributed by atoms with Gasteiger partial charge in [-0.2, -0.15) is 0 Å². The van der Waals surface area contributed by atoms with E-state index in [9.17, 15) is 8.78 Å². The highest BCUT2D eigenvalue weighted by Crippen LogP contribution is 2.17. The van der Waals surface area contributed by atoms with Crippen molar-refractivity contribution in [3.63, 3.8) is 0 Å². The number of hydrogen-bond acceptors (Lipinski definition) is 2. The smallest absolute Gasteiger partial charge is 0.162 e. The first-order chi connectivity index (χ1) is 10.2. The van der Waals surface area contributed by atoms with Crippen molar-refractivity contribution in [1.82, 2.24) is 5.32 Å². The number of rotatable bonds is 7. The van der Waals surface area contributed by atoms with Gasteiger partial charge in [0.25, 0.3) is 0 Å². The maximum Gasteiger partial charge on any atom is 0.162 e. The predicted molar refractivity (Wildman–Crippen MR) is 79.1 cm³/mol. The first-order valence-corrected chi connectivity index (χ1v) is 7.05. The van der Waals surface area contributed by atoms with E-state index in [1.54, 1.807) is 0 Å². The molecule has 4 heteroatoms. The average Bonchev–Trinajstić information content (AvgIpc) is 2.49. The van der Waals surface area contributed by atoms with E-state index in [1.807, 2.05) is 24.3 Å². The van der Waals surface area contributed by atoms with Gasteiger partial charge in [0.1, 0.15) is 12.4 Å². The summed E-state index contributed by atoms with van der Waals surface area (Å²) in [5.41, 5.74) is 2.17. The molecule has 0 aliphatic rings. The van der Waals surface area contributed by atoms with Crippen LogP contribution in [0, 0.1) is 11.6 Å². The summed E-state index contributed by atoms with van der Waals surface area (Å²) in [6.07, 6.45) is 1.10. The molecule has 0 amide bonds. The molecule has 0 bridgehead atoms. The Hall–Kier alpha value is -1.94. The van der Waals surface area contributed by atoms with Gasteiger partial charge in [-0.15, -0.1) is 0 Å². The molecular formula is C17H19F2NO. The predicted octanol–water partition coefficient (Wildman–Crippen LogP) is 4.04. The molecule has 0 heterocycles. The van der Waals surface area contributed by atoms with Crippen LogP contribution in [0.5, 0.6) is 5.75 Å². The largest absolute Gasteiger partial charge is 0.489 e. The molecule has 0 aromatic heterocycles. The molecule has 0 radical (unpaired) electrons.